The predicted octanol–water partition coefficient (Wildman–Crippen LogP) is 3.76. The van der Waals surface area contributed by atoms with E-state index in [2.05, 4.69) is 6.92 Å². The number of rotatable bonds is 5. The van der Waals surface area contributed by atoms with Crippen molar-refractivity contribution in [3.63, 3.8) is 0 Å². The number of hydrogen-bond donors (Lipinski definition) is 0. The van der Waals surface area contributed by atoms with Gasteiger partial charge in [0.25, 0.3) is 0 Å². The average molecular weight is 250 g/mol. The number of unbranched alkanes of at least 4 members (excludes halogenated alkanes) is 3. The number of ketones is 1. The molecule has 2 nitrogen and oxygen atoms in total. The lowest BCUT2D eigenvalue weighted by atomic mass is 10.0. The van der Waals surface area contributed by atoms with Crippen molar-refractivity contribution in [1.29, 1.82) is 0 Å². The van der Waals surface area contributed by atoms with Gasteiger partial charge in [0.1, 0.15) is 6.10 Å². The molecule has 0 fully saturated rings. The summed E-state index contributed by atoms with van der Waals surface area (Å²) in [5.41, 5.74) is 0. The third kappa shape index (κ3) is 4.79. The van der Waals surface area contributed by atoms with E-state index in [1.165, 1.54) is 0 Å². The highest BCUT2D eigenvalue weighted by atomic mass is 19.4. The van der Waals surface area contributed by atoms with Crippen molar-refractivity contribution < 1.29 is 22.7 Å². The van der Waals surface area contributed by atoms with Gasteiger partial charge in [-0.3, -0.25) is 4.79 Å². The molecule has 0 aromatic heterocycles. The van der Waals surface area contributed by atoms with Crippen molar-refractivity contribution in [1.82, 2.24) is 0 Å². The van der Waals surface area contributed by atoms with E-state index in [4.69, 9.17) is 4.74 Å². The highest BCUT2D eigenvalue weighted by molar-refractivity contribution is 5.91. The molecule has 98 valence electrons. The van der Waals surface area contributed by atoms with E-state index in [1.54, 1.807) is 0 Å². The average Bonchev–Trinajstić information content (AvgIpc) is 2.22. The number of carbonyl (C=O) groups excluding carboxylic acids is 1. The topological polar surface area (TPSA) is 26.3 Å². The summed E-state index contributed by atoms with van der Waals surface area (Å²) in [5, 5.41) is 0. The second-order valence-corrected chi connectivity index (χ2v) is 4.27. The van der Waals surface area contributed by atoms with E-state index in [0.29, 0.717) is 12.5 Å². The van der Waals surface area contributed by atoms with Gasteiger partial charge in [-0.15, -0.1) is 0 Å². The fraction of sp³-hybridized carbons (Fsp3) is 0.750. The van der Waals surface area contributed by atoms with Gasteiger partial charge in [-0.1, -0.05) is 26.2 Å². The van der Waals surface area contributed by atoms with Crippen LogP contribution in [0, 0.1) is 0 Å². The molecule has 1 atom stereocenters. The Bertz CT molecular complexity index is 295. The number of hydrogen-bond acceptors (Lipinski definition) is 2. The molecule has 1 aliphatic rings. The molecule has 0 aromatic carbocycles. The standard InChI is InChI=1S/C12H17F3O2/c1-2-3-4-5-6-10-7-9(16)8-11(17-10)12(13,14)15/h8,10H,2-7H2,1H3. The Kier molecular flexibility index (Phi) is 5.02. The molecule has 1 rings (SSSR count). The van der Waals surface area contributed by atoms with E-state index < -0.39 is 23.8 Å². The first-order valence-electron chi connectivity index (χ1n) is 5.92. The smallest absolute Gasteiger partial charge is 0.449 e. The van der Waals surface area contributed by atoms with Crippen LogP contribution in [0.15, 0.2) is 11.8 Å². The molecular formula is C12H17F3O2. The SMILES string of the molecule is CCCCCCC1CC(=O)C=C(C(F)(F)F)O1. The van der Waals surface area contributed by atoms with E-state index in [1.807, 2.05) is 0 Å². The molecule has 0 amide bonds. The summed E-state index contributed by atoms with van der Waals surface area (Å²) in [7, 11) is 0. The highest BCUT2D eigenvalue weighted by Crippen LogP contribution is 2.32. The predicted molar refractivity (Wildman–Crippen MR) is 57.4 cm³/mol. The molecule has 1 heterocycles. The zero-order valence-corrected chi connectivity index (χ0v) is 9.85. The van der Waals surface area contributed by atoms with Gasteiger partial charge in [-0.25, -0.2) is 0 Å². The van der Waals surface area contributed by atoms with E-state index in [-0.39, 0.29) is 6.42 Å². The molecule has 1 aliphatic heterocycles. The van der Waals surface area contributed by atoms with Crippen LogP contribution in [0.25, 0.3) is 0 Å². The van der Waals surface area contributed by atoms with E-state index in [9.17, 15) is 18.0 Å². The third-order valence-corrected chi connectivity index (χ3v) is 2.67. The summed E-state index contributed by atoms with van der Waals surface area (Å²) in [6.45, 7) is 2.06. The maximum Gasteiger partial charge on any atom is 0.449 e. The van der Waals surface area contributed by atoms with Crippen molar-refractivity contribution >= 4 is 5.78 Å². The van der Waals surface area contributed by atoms with Crippen LogP contribution < -0.4 is 0 Å². The molecule has 0 bridgehead atoms. The van der Waals surface area contributed by atoms with Crippen LogP contribution in [-0.4, -0.2) is 18.1 Å². The molecule has 0 N–H and O–H groups in total. The molecule has 0 aliphatic carbocycles. The van der Waals surface area contributed by atoms with E-state index >= 15 is 0 Å². The third-order valence-electron chi connectivity index (χ3n) is 2.67. The molecule has 0 saturated heterocycles. The first kappa shape index (κ1) is 14.1. The van der Waals surface area contributed by atoms with Crippen LogP contribution in [0.5, 0.6) is 0 Å². The van der Waals surface area contributed by atoms with Crippen molar-refractivity contribution in [2.24, 2.45) is 0 Å². The quantitative estimate of drug-likeness (QED) is 0.694. The highest BCUT2D eigenvalue weighted by Gasteiger charge is 2.40. The molecule has 17 heavy (non-hydrogen) atoms. The van der Waals surface area contributed by atoms with Gasteiger partial charge < -0.3 is 4.74 Å². The lowest BCUT2D eigenvalue weighted by Gasteiger charge is -2.25. The molecule has 1 unspecified atom stereocenters. The Morgan fingerprint density at radius 2 is 2.06 bits per heavy atom. The Balaban J connectivity index is 2.45. The zero-order valence-electron chi connectivity index (χ0n) is 9.85. The van der Waals surface area contributed by atoms with Crippen molar-refractivity contribution in [2.45, 2.75) is 57.7 Å². The van der Waals surface area contributed by atoms with Gasteiger partial charge in [-0.05, 0) is 12.8 Å². The maximum atomic E-state index is 12.4. The molecule has 0 spiro atoms. The van der Waals surface area contributed by atoms with Gasteiger partial charge >= 0.3 is 6.18 Å². The number of ether oxygens (including phenoxy) is 1. The fourth-order valence-electron chi connectivity index (χ4n) is 1.79. The summed E-state index contributed by atoms with van der Waals surface area (Å²) < 4.78 is 42.0. The summed E-state index contributed by atoms with van der Waals surface area (Å²) >= 11 is 0. The minimum atomic E-state index is -4.56. The lowest BCUT2D eigenvalue weighted by Crippen LogP contribution is -2.28. The van der Waals surface area contributed by atoms with Crippen LogP contribution in [0.3, 0.4) is 0 Å². The lowest BCUT2D eigenvalue weighted by molar-refractivity contribution is -0.150. The van der Waals surface area contributed by atoms with Crippen LogP contribution in [0.4, 0.5) is 13.2 Å². The first-order chi connectivity index (χ1) is 7.93. The minimum absolute atomic E-state index is 0.0612. The summed E-state index contributed by atoms with van der Waals surface area (Å²) in [6, 6.07) is 0. The van der Waals surface area contributed by atoms with Crippen LogP contribution in [-0.2, 0) is 9.53 Å². The van der Waals surface area contributed by atoms with Gasteiger partial charge in [0, 0.05) is 12.5 Å². The van der Waals surface area contributed by atoms with Gasteiger partial charge in [0.05, 0.1) is 0 Å². The van der Waals surface area contributed by atoms with Gasteiger partial charge in [0.2, 0.25) is 5.76 Å². The van der Waals surface area contributed by atoms with Gasteiger partial charge in [-0.2, -0.15) is 13.2 Å². The second-order valence-electron chi connectivity index (χ2n) is 4.27. The maximum absolute atomic E-state index is 12.4. The number of alkyl halides is 3. The van der Waals surface area contributed by atoms with E-state index in [0.717, 1.165) is 25.7 Å². The Morgan fingerprint density at radius 3 is 2.65 bits per heavy atom. The summed E-state index contributed by atoms with van der Waals surface area (Å²) in [4.78, 5) is 11.2. The monoisotopic (exact) mass is 250 g/mol. The van der Waals surface area contributed by atoms with Crippen molar-refractivity contribution in [3.8, 4) is 0 Å². The Morgan fingerprint density at radius 1 is 1.35 bits per heavy atom. The number of halogens is 3. The number of allylic oxidation sites excluding steroid dienone is 2. The van der Waals surface area contributed by atoms with Gasteiger partial charge in [0.15, 0.2) is 5.78 Å². The summed E-state index contributed by atoms with van der Waals surface area (Å²) in [5.74, 6) is -1.64. The zero-order chi connectivity index (χ0) is 12.9. The van der Waals surface area contributed by atoms with Crippen molar-refractivity contribution in [2.75, 3.05) is 0 Å². The Labute approximate surface area is 98.8 Å². The second kappa shape index (κ2) is 6.07. The number of carbonyl (C=O) groups is 1. The first-order valence-corrected chi connectivity index (χ1v) is 5.92. The Hall–Kier alpha value is -1.00. The van der Waals surface area contributed by atoms with Crippen LogP contribution in [0.1, 0.15) is 45.4 Å². The van der Waals surface area contributed by atoms with Crippen LogP contribution in [0.2, 0.25) is 0 Å². The molecular weight excluding hydrogens is 233 g/mol. The van der Waals surface area contributed by atoms with Crippen molar-refractivity contribution in [3.05, 3.63) is 11.8 Å². The summed E-state index contributed by atoms with van der Waals surface area (Å²) in [6.07, 6.45) is -0.139. The minimum Gasteiger partial charge on any atom is -0.485 e. The molecule has 0 radical (unpaired) electrons. The molecule has 0 saturated carbocycles. The molecule has 0 aromatic rings. The van der Waals surface area contributed by atoms with Crippen LogP contribution >= 0.6 is 0 Å². The normalized spacial score (nSPS) is 21.1. The largest absolute Gasteiger partial charge is 0.485 e. The molecule has 5 heteroatoms. The fourth-order valence-corrected chi connectivity index (χ4v) is 1.79.